The molecule has 1 N–H and O–H groups in total. The fourth-order valence-electron chi connectivity index (χ4n) is 4.47. The summed E-state index contributed by atoms with van der Waals surface area (Å²) in [5.74, 6) is 0.195. The Bertz CT molecular complexity index is 893. The van der Waals surface area contributed by atoms with Crippen molar-refractivity contribution in [3.05, 3.63) is 42.2 Å². The molecule has 154 valence electrons. The number of nitrogens with zero attached hydrogens (tertiary/aromatic N) is 4. The average molecular weight is 414 g/mol. The number of aromatic nitrogens is 1. The van der Waals surface area contributed by atoms with Crippen LogP contribution in [0, 0.1) is 0 Å². The Hall–Kier alpha value is -2.15. The molecule has 1 aromatic carbocycles. The van der Waals surface area contributed by atoms with E-state index < -0.39 is 0 Å². The highest BCUT2D eigenvalue weighted by atomic mass is 35.5. The molecule has 0 saturated carbocycles. The molecule has 3 aliphatic rings. The number of rotatable bonds is 3. The molecule has 1 aromatic heterocycles. The van der Waals surface area contributed by atoms with E-state index in [1.807, 2.05) is 19.4 Å². The third kappa shape index (κ3) is 3.84. The minimum absolute atomic E-state index is 0. The number of aryl methyl sites for hydroxylation is 1. The van der Waals surface area contributed by atoms with Crippen molar-refractivity contribution in [2.75, 3.05) is 56.1 Å². The van der Waals surface area contributed by atoms with Gasteiger partial charge in [-0.2, -0.15) is 0 Å². The van der Waals surface area contributed by atoms with Crippen LogP contribution in [0.25, 0.3) is 11.1 Å². The summed E-state index contributed by atoms with van der Waals surface area (Å²) in [6.07, 6.45) is 5.33. The molecular formula is C22H28ClN5O. The summed E-state index contributed by atoms with van der Waals surface area (Å²) in [4.78, 5) is 23.3. The van der Waals surface area contributed by atoms with Crippen LogP contribution < -0.4 is 15.1 Å². The largest absolute Gasteiger partial charge is 0.368 e. The maximum absolute atomic E-state index is 11.9. The number of pyridine rings is 1. The number of fused-ring (bicyclic) bond motifs is 1. The summed E-state index contributed by atoms with van der Waals surface area (Å²) in [7, 11) is 1.86. The lowest BCUT2D eigenvalue weighted by Gasteiger charge is -2.43. The highest BCUT2D eigenvalue weighted by Gasteiger charge is 2.28. The van der Waals surface area contributed by atoms with Crippen LogP contribution in [0.15, 0.2) is 36.7 Å². The molecular weight excluding hydrogens is 386 g/mol. The lowest BCUT2D eigenvalue weighted by molar-refractivity contribution is -0.118. The molecule has 2 aromatic rings. The van der Waals surface area contributed by atoms with Gasteiger partial charge in [0.2, 0.25) is 5.91 Å². The molecule has 29 heavy (non-hydrogen) atoms. The standard InChI is InChI=1S/C22H27N5O.ClH/c1-25-21-4-2-16(10-17(21)3-5-22(25)28)18-11-19(13-23-12-18)26-6-8-27(9-7-26)20-14-24-15-20;/h2,4,10-13,20,24H,3,5-9,14-15H2,1H3;1H. The van der Waals surface area contributed by atoms with E-state index in [9.17, 15) is 4.79 Å². The van der Waals surface area contributed by atoms with E-state index in [0.29, 0.717) is 6.42 Å². The molecule has 5 rings (SSSR count). The number of piperazine rings is 1. The van der Waals surface area contributed by atoms with Gasteiger partial charge >= 0.3 is 0 Å². The van der Waals surface area contributed by atoms with Crippen LogP contribution in [0.3, 0.4) is 0 Å². The fourth-order valence-corrected chi connectivity index (χ4v) is 4.47. The van der Waals surface area contributed by atoms with Crippen molar-refractivity contribution < 1.29 is 4.79 Å². The van der Waals surface area contributed by atoms with Gasteiger partial charge in [0, 0.05) is 76.2 Å². The van der Waals surface area contributed by atoms with Gasteiger partial charge in [-0.1, -0.05) is 6.07 Å². The highest BCUT2D eigenvalue weighted by molar-refractivity contribution is 5.96. The number of carbonyl (C=O) groups is 1. The van der Waals surface area contributed by atoms with E-state index >= 15 is 0 Å². The summed E-state index contributed by atoms with van der Waals surface area (Å²) in [5, 5.41) is 3.37. The molecule has 4 heterocycles. The molecule has 2 saturated heterocycles. The normalized spacial score (nSPS) is 20.1. The van der Waals surface area contributed by atoms with Crippen LogP contribution in [-0.2, 0) is 11.2 Å². The number of amides is 1. The topological polar surface area (TPSA) is 51.7 Å². The van der Waals surface area contributed by atoms with Crippen LogP contribution >= 0.6 is 12.4 Å². The van der Waals surface area contributed by atoms with Gasteiger partial charge in [-0.05, 0) is 35.7 Å². The predicted molar refractivity (Wildman–Crippen MR) is 119 cm³/mol. The van der Waals surface area contributed by atoms with Gasteiger partial charge in [0.1, 0.15) is 0 Å². The van der Waals surface area contributed by atoms with E-state index in [4.69, 9.17) is 0 Å². The first kappa shape index (κ1) is 20.1. The molecule has 0 radical (unpaired) electrons. The van der Waals surface area contributed by atoms with Crippen molar-refractivity contribution in [1.29, 1.82) is 0 Å². The zero-order valence-electron chi connectivity index (χ0n) is 16.8. The van der Waals surface area contributed by atoms with E-state index in [1.54, 1.807) is 4.90 Å². The predicted octanol–water partition coefficient (Wildman–Crippen LogP) is 2.17. The van der Waals surface area contributed by atoms with Crippen LogP contribution in [0.2, 0.25) is 0 Å². The first-order valence-electron chi connectivity index (χ1n) is 10.2. The number of benzene rings is 1. The van der Waals surface area contributed by atoms with E-state index in [1.165, 1.54) is 16.8 Å². The number of anilines is 2. The Morgan fingerprint density at radius 1 is 1.00 bits per heavy atom. The van der Waals surface area contributed by atoms with Crippen LogP contribution in [0.1, 0.15) is 12.0 Å². The smallest absolute Gasteiger partial charge is 0.227 e. The van der Waals surface area contributed by atoms with Gasteiger partial charge in [-0.25, -0.2) is 0 Å². The molecule has 0 atom stereocenters. The second-order valence-electron chi connectivity index (χ2n) is 8.06. The zero-order chi connectivity index (χ0) is 19.1. The molecule has 3 aliphatic heterocycles. The SMILES string of the molecule is CN1C(=O)CCc2cc(-c3cncc(N4CCN(C5CNC5)CC4)c3)ccc21.Cl. The van der Waals surface area contributed by atoms with Crippen molar-refractivity contribution in [3.63, 3.8) is 0 Å². The summed E-state index contributed by atoms with van der Waals surface area (Å²) < 4.78 is 0. The third-order valence-corrected chi connectivity index (χ3v) is 6.44. The summed E-state index contributed by atoms with van der Waals surface area (Å²) in [5.41, 5.74) is 5.80. The molecule has 0 spiro atoms. The summed E-state index contributed by atoms with van der Waals surface area (Å²) in [6.45, 7) is 6.62. The lowest BCUT2D eigenvalue weighted by atomic mass is 9.96. The Balaban J connectivity index is 0.00000205. The fraction of sp³-hybridized carbons (Fsp3) is 0.455. The first-order chi connectivity index (χ1) is 13.7. The molecule has 2 fully saturated rings. The van der Waals surface area contributed by atoms with Crippen LogP contribution in [0.4, 0.5) is 11.4 Å². The van der Waals surface area contributed by atoms with Crippen LogP contribution in [-0.4, -0.2) is 68.1 Å². The van der Waals surface area contributed by atoms with Gasteiger partial charge in [0.05, 0.1) is 11.9 Å². The molecule has 0 unspecified atom stereocenters. The molecule has 6 nitrogen and oxygen atoms in total. The van der Waals surface area contributed by atoms with Crippen molar-refractivity contribution in [3.8, 4) is 11.1 Å². The average Bonchev–Trinajstić information content (AvgIpc) is 2.70. The lowest BCUT2D eigenvalue weighted by Crippen LogP contribution is -2.61. The van der Waals surface area contributed by atoms with Gasteiger partial charge in [-0.3, -0.25) is 14.7 Å². The Morgan fingerprint density at radius 2 is 1.79 bits per heavy atom. The highest BCUT2D eigenvalue weighted by Crippen LogP contribution is 2.32. The van der Waals surface area contributed by atoms with E-state index in [2.05, 4.69) is 44.4 Å². The van der Waals surface area contributed by atoms with E-state index in [0.717, 1.165) is 63.0 Å². The quantitative estimate of drug-likeness (QED) is 0.835. The number of nitrogens with one attached hydrogen (secondary N) is 1. The van der Waals surface area contributed by atoms with E-state index in [-0.39, 0.29) is 18.3 Å². The molecule has 0 bridgehead atoms. The van der Waals surface area contributed by atoms with Gasteiger partial charge < -0.3 is 15.1 Å². The second-order valence-corrected chi connectivity index (χ2v) is 8.06. The van der Waals surface area contributed by atoms with Crippen molar-refractivity contribution in [2.45, 2.75) is 18.9 Å². The number of hydrogen-bond donors (Lipinski definition) is 1. The summed E-state index contributed by atoms with van der Waals surface area (Å²) >= 11 is 0. The molecule has 7 heteroatoms. The first-order valence-corrected chi connectivity index (χ1v) is 10.2. The van der Waals surface area contributed by atoms with Crippen molar-refractivity contribution in [1.82, 2.24) is 15.2 Å². The minimum Gasteiger partial charge on any atom is -0.368 e. The van der Waals surface area contributed by atoms with Gasteiger partial charge in [-0.15, -0.1) is 12.4 Å². The maximum Gasteiger partial charge on any atom is 0.227 e. The zero-order valence-corrected chi connectivity index (χ0v) is 17.6. The van der Waals surface area contributed by atoms with Crippen LogP contribution in [0.5, 0.6) is 0 Å². The molecule has 1 amide bonds. The van der Waals surface area contributed by atoms with Gasteiger partial charge in [0.15, 0.2) is 0 Å². The third-order valence-electron chi connectivity index (χ3n) is 6.44. The van der Waals surface area contributed by atoms with Gasteiger partial charge in [0.25, 0.3) is 0 Å². The number of halogens is 1. The maximum atomic E-state index is 11.9. The minimum atomic E-state index is 0. The van der Waals surface area contributed by atoms with Crippen molar-refractivity contribution in [2.24, 2.45) is 0 Å². The summed E-state index contributed by atoms with van der Waals surface area (Å²) in [6, 6.07) is 9.39. The Morgan fingerprint density at radius 3 is 2.52 bits per heavy atom. The Labute approximate surface area is 178 Å². The Kier molecular flexibility index (Phi) is 5.76. The van der Waals surface area contributed by atoms with Crippen molar-refractivity contribution >= 4 is 29.7 Å². The second kappa shape index (κ2) is 8.30. The number of hydrogen-bond acceptors (Lipinski definition) is 5. The monoisotopic (exact) mass is 413 g/mol. The molecule has 0 aliphatic carbocycles. The number of carbonyl (C=O) groups excluding carboxylic acids is 1.